The molecule has 1 aromatic carbocycles. The Bertz CT molecular complexity index is 902. The zero-order valence-electron chi connectivity index (χ0n) is 16.1. The van der Waals surface area contributed by atoms with Gasteiger partial charge in [0.2, 0.25) is 12.7 Å². The number of hydrogen-bond donors (Lipinski definition) is 2. The molecule has 2 aliphatic heterocycles. The third-order valence-electron chi connectivity index (χ3n) is 4.95. The van der Waals surface area contributed by atoms with Gasteiger partial charge >= 0.3 is 0 Å². The second-order valence-corrected chi connectivity index (χ2v) is 7.04. The zero-order valence-corrected chi connectivity index (χ0v) is 16.1. The van der Waals surface area contributed by atoms with E-state index in [1.54, 1.807) is 12.1 Å². The van der Waals surface area contributed by atoms with E-state index in [1.807, 2.05) is 29.2 Å². The molecule has 3 heterocycles. The van der Waals surface area contributed by atoms with Gasteiger partial charge in [-0.3, -0.25) is 9.59 Å². The molecule has 0 atom stereocenters. The van der Waals surface area contributed by atoms with E-state index >= 15 is 0 Å². The molecular weight excluding hydrogens is 372 g/mol. The smallest absolute Gasteiger partial charge is 0.269 e. The standard InChI is InChI=1S/C21H24N4O4/c26-20-6-2-10-25(20)11-3-9-22-21(27)16-4-1-5-19(24-16)23-13-15-7-8-17-18(12-15)29-14-28-17/h1,4-5,7-8,12H,2-3,6,9-11,13-14H2,(H,22,27)(H,23,24). The molecule has 2 N–H and O–H groups in total. The van der Waals surface area contributed by atoms with Gasteiger partial charge in [-0.15, -0.1) is 0 Å². The van der Waals surface area contributed by atoms with Crippen LogP contribution < -0.4 is 20.1 Å². The van der Waals surface area contributed by atoms with Crippen LogP contribution in [0.15, 0.2) is 36.4 Å². The Labute approximate surface area is 169 Å². The average Bonchev–Trinajstić information content (AvgIpc) is 3.38. The van der Waals surface area contributed by atoms with Gasteiger partial charge in [0.1, 0.15) is 11.5 Å². The molecule has 8 heteroatoms. The molecule has 0 radical (unpaired) electrons. The van der Waals surface area contributed by atoms with Gasteiger partial charge in [-0.05, 0) is 42.7 Å². The minimum atomic E-state index is -0.218. The van der Waals surface area contributed by atoms with Gasteiger partial charge in [0.25, 0.3) is 5.91 Å². The number of amides is 2. The maximum atomic E-state index is 12.3. The van der Waals surface area contributed by atoms with Crippen molar-refractivity contribution >= 4 is 17.6 Å². The lowest BCUT2D eigenvalue weighted by Crippen LogP contribution is -2.31. The molecule has 1 aromatic heterocycles. The van der Waals surface area contributed by atoms with E-state index in [-0.39, 0.29) is 18.6 Å². The van der Waals surface area contributed by atoms with Crippen LogP contribution in [0.1, 0.15) is 35.3 Å². The highest BCUT2D eigenvalue weighted by atomic mass is 16.7. The molecule has 2 aromatic rings. The molecule has 2 amide bonds. The molecular formula is C21H24N4O4. The lowest BCUT2D eigenvalue weighted by Gasteiger charge is -2.15. The van der Waals surface area contributed by atoms with E-state index in [1.165, 1.54) is 0 Å². The Hall–Kier alpha value is -3.29. The summed E-state index contributed by atoms with van der Waals surface area (Å²) in [7, 11) is 0. The quantitative estimate of drug-likeness (QED) is 0.665. The Morgan fingerprint density at radius 2 is 2.07 bits per heavy atom. The number of rotatable bonds is 8. The fourth-order valence-corrected chi connectivity index (χ4v) is 3.41. The number of likely N-dealkylation sites (tertiary alicyclic amines) is 1. The van der Waals surface area contributed by atoms with E-state index in [9.17, 15) is 9.59 Å². The number of carbonyl (C=O) groups excluding carboxylic acids is 2. The Balaban J connectivity index is 1.25. The topological polar surface area (TPSA) is 92.8 Å². The van der Waals surface area contributed by atoms with Gasteiger partial charge in [-0.2, -0.15) is 0 Å². The lowest BCUT2D eigenvalue weighted by molar-refractivity contribution is -0.127. The van der Waals surface area contributed by atoms with Crippen LogP contribution in [0.4, 0.5) is 5.82 Å². The highest BCUT2D eigenvalue weighted by Crippen LogP contribution is 2.32. The van der Waals surface area contributed by atoms with Crippen LogP contribution in [-0.2, 0) is 11.3 Å². The van der Waals surface area contributed by atoms with Crippen LogP contribution in [0.3, 0.4) is 0 Å². The number of hydrogen-bond acceptors (Lipinski definition) is 6. The first kappa shape index (κ1) is 19.0. The van der Waals surface area contributed by atoms with Crippen molar-refractivity contribution in [3.8, 4) is 11.5 Å². The fourth-order valence-electron chi connectivity index (χ4n) is 3.41. The number of benzene rings is 1. The second-order valence-electron chi connectivity index (χ2n) is 7.04. The molecule has 1 saturated heterocycles. The second kappa shape index (κ2) is 8.81. The summed E-state index contributed by atoms with van der Waals surface area (Å²) in [6.07, 6.45) is 2.31. The first-order valence-electron chi connectivity index (χ1n) is 9.84. The SMILES string of the molecule is O=C(NCCCN1CCCC1=O)c1cccc(NCc2ccc3c(c2)OCO3)n1. The summed E-state index contributed by atoms with van der Waals surface area (Å²) < 4.78 is 10.7. The average molecular weight is 396 g/mol. The van der Waals surface area contributed by atoms with Crippen LogP contribution in [0.25, 0.3) is 0 Å². The zero-order chi connectivity index (χ0) is 20.1. The Morgan fingerprint density at radius 3 is 2.93 bits per heavy atom. The summed E-state index contributed by atoms with van der Waals surface area (Å²) in [5, 5.41) is 6.09. The normalized spacial score (nSPS) is 14.9. The molecule has 4 rings (SSSR count). The van der Waals surface area contributed by atoms with Crippen molar-refractivity contribution in [1.29, 1.82) is 0 Å². The van der Waals surface area contributed by atoms with E-state index in [4.69, 9.17) is 9.47 Å². The molecule has 2 aliphatic rings. The van der Waals surface area contributed by atoms with Crippen LogP contribution in [-0.4, -0.2) is 48.1 Å². The lowest BCUT2D eigenvalue weighted by atomic mass is 10.2. The van der Waals surface area contributed by atoms with Crippen molar-refractivity contribution in [2.75, 3.05) is 31.7 Å². The molecule has 0 saturated carbocycles. The molecule has 0 unspecified atom stereocenters. The highest BCUT2D eigenvalue weighted by molar-refractivity contribution is 5.92. The van der Waals surface area contributed by atoms with Gasteiger partial charge in [0.15, 0.2) is 11.5 Å². The van der Waals surface area contributed by atoms with Crippen molar-refractivity contribution in [2.45, 2.75) is 25.8 Å². The van der Waals surface area contributed by atoms with Gasteiger partial charge in [0.05, 0.1) is 0 Å². The summed E-state index contributed by atoms with van der Waals surface area (Å²) in [5.74, 6) is 2.10. The van der Waals surface area contributed by atoms with Crippen LogP contribution >= 0.6 is 0 Å². The van der Waals surface area contributed by atoms with E-state index in [2.05, 4.69) is 15.6 Å². The van der Waals surface area contributed by atoms with Gasteiger partial charge in [0, 0.05) is 32.6 Å². The number of ether oxygens (including phenoxy) is 2. The molecule has 0 spiro atoms. The number of fused-ring (bicyclic) bond motifs is 1. The summed E-state index contributed by atoms with van der Waals surface area (Å²) in [5.41, 5.74) is 1.39. The number of nitrogens with zero attached hydrogens (tertiary/aromatic N) is 2. The Kier molecular flexibility index (Phi) is 5.79. The number of nitrogens with one attached hydrogen (secondary N) is 2. The monoisotopic (exact) mass is 396 g/mol. The molecule has 29 heavy (non-hydrogen) atoms. The number of pyridine rings is 1. The minimum Gasteiger partial charge on any atom is -0.454 e. The predicted octanol–water partition coefficient (Wildman–Crippen LogP) is 2.16. The number of carbonyl (C=O) groups is 2. The fraction of sp³-hybridized carbons (Fsp3) is 0.381. The van der Waals surface area contributed by atoms with E-state index < -0.39 is 0 Å². The largest absolute Gasteiger partial charge is 0.454 e. The highest BCUT2D eigenvalue weighted by Gasteiger charge is 2.19. The maximum absolute atomic E-state index is 12.3. The van der Waals surface area contributed by atoms with E-state index in [0.717, 1.165) is 36.4 Å². The first-order valence-corrected chi connectivity index (χ1v) is 9.84. The summed E-state index contributed by atoms with van der Waals surface area (Å²) in [6, 6.07) is 11.1. The van der Waals surface area contributed by atoms with Gasteiger partial charge in [-0.25, -0.2) is 4.98 Å². The molecule has 0 bridgehead atoms. The van der Waals surface area contributed by atoms with Crippen molar-refractivity contribution in [3.63, 3.8) is 0 Å². The maximum Gasteiger partial charge on any atom is 0.269 e. The summed E-state index contributed by atoms with van der Waals surface area (Å²) in [6.45, 7) is 2.83. The molecule has 152 valence electrons. The van der Waals surface area contributed by atoms with Crippen molar-refractivity contribution < 1.29 is 19.1 Å². The van der Waals surface area contributed by atoms with E-state index in [0.29, 0.717) is 37.6 Å². The molecule has 0 aliphatic carbocycles. The van der Waals surface area contributed by atoms with Gasteiger partial charge < -0.3 is 25.0 Å². The van der Waals surface area contributed by atoms with Crippen LogP contribution in [0, 0.1) is 0 Å². The van der Waals surface area contributed by atoms with Crippen molar-refractivity contribution in [1.82, 2.24) is 15.2 Å². The van der Waals surface area contributed by atoms with Crippen molar-refractivity contribution in [3.05, 3.63) is 47.7 Å². The van der Waals surface area contributed by atoms with Gasteiger partial charge in [-0.1, -0.05) is 12.1 Å². The van der Waals surface area contributed by atoms with Crippen LogP contribution in [0.2, 0.25) is 0 Å². The number of anilines is 1. The predicted molar refractivity (Wildman–Crippen MR) is 107 cm³/mol. The summed E-state index contributed by atoms with van der Waals surface area (Å²) >= 11 is 0. The Morgan fingerprint density at radius 1 is 1.17 bits per heavy atom. The molecule has 1 fully saturated rings. The summed E-state index contributed by atoms with van der Waals surface area (Å²) in [4.78, 5) is 30.2. The van der Waals surface area contributed by atoms with Crippen LogP contribution in [0.5, 0.6) is 11.5 Å². The minimum absolute atomic E-state index is 0.208. The molecule has 8 nitrogen and oxygen atoms in total. The first-order chi connectivity index (χ1) is 14.2. The third kappa shape index (κ3) is 4.77. The third-order valence-corrected chi connectivity index (χ3v) is 4.95. The number of aromatic nitrogens is 1. The van der Waals surface area contributed by atoms with Crippen molar-refractivity contribution in [2.24, 2.45) is 0 Å².